The number of barbiturate groups is 1. The third-order valence-corrected chi connectivity index (χ3v) is 5.70. The second kappa shape index (κ2) is 10.1. The zero-order chi connectivity index (χ0) is 24.9. The topological polar surface area (TPSA) is 66.9 Å². The number of para-hydroxylation sites is 2. The van der Waals surface area contributed by atoms with Crippen molar-refractivity contribution in [2.75, 3.05) is 9.80 Å². The smallest absolute Gasteiger partial charge is 0.343 e. The maximum atomic E-state index is 13.5. The van der Waals surface area contributed by atoms with Crippen LogP contribution in [0, 0.1) is 0 Å². The van der Waals surface area contributed by atoms with Gasteiger partial charge in [-0.2, -0.15) is 0 Å². The number of benzene rings is 4. The van der Waals surface area contributed by atoms with E-state index in [1.165, 1.54) is 6.08 Å². The Hall–Kier alpha value is -4.97. The summed E-state index contributed by atoms with van der Waals surface area (Å²) in [6.07, 6.45) is 1.50. The molecule has 1 heterocycles. The summed E-state index contributed by atoms with van der Waals surface area (Å²) in [5.74, 6) is -0.766. The minimum absolute atomic E-state index is 0.123. The average molecular weight is 475 g/mol. The van der Waals surface area contributed by atoms with Crippen molar-refractivity contribution >= 4 is 35.3 Å². The predicted octanol–water partition coefficient (Wildman–Crippen LogP) is 5.85. The lowest BCUT2D eigenvalue weighted by molar-refractivity contribution is -0.121. The molecule has 4 amide bonds. The minimum Gasteiger partial charge on any atom is -0.489 e. The van der Waals surface area contributed by atoms with E-state index in [9.17, 15) is 14.4 Å². The van der Waals surface area contributed by atoms with Gasteiger partial charge in [0.1, 0.15) is 17.9 Å². The molecule has 6 nitrogen and oxygen atoms in total. The first-order valence-corrected chi connectivity index (χ1v) is 11.4. The molecule has 4 aromatic carbocycles. The Kier molecular flexibility index (Phi) is 6.40. The normalized spacial score (nSPS) is 13.7. The lowest BCUT2D eigenvalue weighted by atomic mass is 10.0. The van der Waals surface area contributed by atoms with Gasteiger partial charge in [0.25, 0.3) is 11.8 Å². The number of imide groups is 2. The molecule has 0 N–H and O–H groups in total. The van der Waals surface area contributed by atoms with Crippen LogP contribution in [0.25, 0.3) is 6.08 Å². The molecule has 1 aliphatic rings. The minimum atomic E-state index is -0.723. The molecule has 0 unspecified atom stereocenters. The first-order valence-electron chi connectivity index (χ1n) is 11.4. The fourth-order valence-corrected chi connectivity index (χ4v) is 3.94. The van der Waals surface area contributed by atoms with Crippen LogP contribution in [0.15, 0.2) is 121 Å². The summed E-state index contributed by atoms with van der Waals surface area (Å²) in [5.41, 5.74) is 2.27. The number of hydrogen-bond acceptors (Lipinski definition) is 4. The van der Waals surface area contributed by atoms with Crippen molar-refractivity contribution in [1.29, 1.82) is 0 Å². The fourth-order valence-electron chi connectivity index (χ4n) is 3.94. The standard InChI is InChI=1S/C30H22N2O4/c33-28-27(20-23-13-10-18-26(19-23)36-21-22-11-4-1-5-12-22)29(34)32(25-16-8-3-9-17-25)30(35)31(28)24-14-6-2-7-15-24/h1-20H,21H2. The van der Waals surface area contributed by atoms with Gasteiger partial charge in [0.15, 0.2) is 0 Å². The maximum Gasteiger partial charge on any atom is 0.343 e. The van der Waals surface area contributed by atoms with Crippen molar-refractivity contribution in [3.05, 3.63) is 132 Å². The summed E-state index contributed by atoms with van der Waals surface area (Å²) in [6, 6.07) is 33.3. The molecule has 36 heavy (non-hydrogen) atoms. The summed E-state index contributed by atoms with van der Waals surface area (Å²) in [4.78, 5) is 42.4. The fraction of sp³-hybridized carbons (Fsp3) is 0.0333. The van der Waals surface area contributed by atoms with Crippen LogP contribution in [0.2, 0.25) is 0 Å². The van der Waals surface area contributed by atoms with E-state index in [0.717, 1.165) is 15.4 Å². The molecule has 0 aromatic heterocycles. The van der Waals surface area contributed by atoms with Crippen LogP contribution in [-0.2, 0) is 16.2 Å². The number of carbonyl (C=O) groups excluding carboxylic acids is 3. The highest BCUT2D eigenvalue weighted by atomic mass is 16.5. The van der Waals surface area contributed by atoms with Gasteiger partial charge in [-0.3, -0.25) is 9.59 Å². The van der Waals surface area contributed by atoms with Crippen LogP contribution in [-0.4, -0.2) is 17.8 Å². The number of carbonyl (C=O) groups is 3. The van der Waals surface area contributed by atoms with Crippen LogP contribution in [0.3, 0.4) is 0 Å². The van der Waals surface area contributed by atoms with E-state index in [4.69, 9.17) is 4.74 Å². The maximum absolute atomic E-state index is 13.5. The lowest BCUT2D eigenvalue weighted by Gasteiger charge is -2.33. The van der Waals surface area contributed by atoms with Crippen LogP contribution >= 0.6 is 0 Å². The van der Waals surface area contributed by atoms with Crippen LogP contribution < -0.4 is 14.5 Å². The highest BCUT2D eigenvalue weighted by Crippen LogP contribution is 2.30. The van der Waals surface area contributed by atoms with E-state index < -0.39 is 17.8 Å². The Morgan fingerprint density at radius 3 is 1.69 bits per heavy atom. The average Bonchev–Trinajstić information content (AvgIpc) is 2.92. The predicted molar refractivity (Wildman–Crippen MR) is 138 cm³/mol. The molecule has 0 aliphatic carbocycles. The molecule has 176 valence electrons. The molecule has 6 heteroatoms. The van der Waals surface area contributed by atoms with Gasteiger partial charge in [-0.05, 0) is 53.6 Å². The summed E-state index contributed by atoms with van der Waals surface area (Å²) in [6.45, 7) is 0.386. The molecule has 0 saturated carbocycles. The third kappa shape index (κ3) is 4.65. The quantitative estimate of drug-likeness (QED) is 0.260. The van der Waals surface area contributed by atoms with Gasteiger partial charge in [0, 0.05) is 0 Å². The van der Waals surface area contributed by atoms with Crippen LogP contribution in [0.1, 0.15) is 11.1 Å². The lowest BCUT2D eigenvalue weighted by Crippen LogP contribution is -2.57. The van der Waals surface area contributed by atoms with E-state index in [1.54, 1.807) is 78.9 Å². The molecular weight excluding hydrogens is 452 g/mol. The van der Waals surface area contributed by atoms with Crippen molar-refractivity contribution in [3.8, 4) is 5.75 Å². The Bertz CT molecular complexity index is 1370. The van der Waals surface area contributed by atoms with Gasteiger partial charge in [0.2, 0.25) is 0 Å². The summed E-state index contributed by atoms with van der Waals surface area (Å²) in [7, 11) is 0. The Labute approximate surface area is 208 Å². The monoisotopic (exact) mass is 474 g/mol. The van der Waals surface area contributed by atoms with Gasteiger partial charge in [-0.15, -0.1) is 0 Å². The summed E-state index contributed by atoms with van der Waals surface area (Å²) < 4.78 is 5.90. The van der Waals surface area contributed by atoms with Gasteiger partial charge in [-0.1, -0.05) is 78.9 Å². The zero-order valence-corrected chi connectivity index (χ0v) is 19.3. The number of urea groups is 1. The zero-order valence-electron chi connectivity index (χ0n) is 19.3. The van der Waals surface area contributed by atoms with E-state index in [1.807, 2.05) is 36.4 Å². The first-order chi connectivity index (χ1) is 17.6. The number of anilines is 2. The molecule has 1 fully saturated rings. The van der Waals surface area contributed by atoms with Gasteiger partial charge in [-0.25, -0.2) is 14.6 Å². The molecule has 4 aromatic rings. The van der Waals surface area contributed by atoms with Gasteiger partial charge < -0.3 is 4.74 Å². The third-order valence-electron chi connectivity index (χ3n) is 5.70. The molecule has 0 spiro atoms. The molecule has 1 saturated heterocycles. The van der Waals surface area contributed by atoms with Crippen molar-refractivity contribution in [2.45, 2.75) is 6.61 Å². The largest absolute Gasteiger partial charge is 0.489 e. The van der Waals surface area contributed by atoms with E-state index in [-0.39, 0.29) is 5.57 Å². The second-order valence-electron chi connectivity index (χ2n) is 8.14. The molecule has 0 atom stereocenters. The Morgan fingerprint density at radius 2 is 1.14 bits per heavy atom. The summed E-state index contributed by atoms with van der Waals surface area (Å²) >= 11 is 0. The van der Waals surface area contributed by atoms with Crippen LogP contribution in [0.4, 0.5) is 16.2 Å². The molecule has 0 radical (unpaired) electrons. The Morgan fingerprint density at radius 1 is 0.611 bits per heavy atom. The van der Waals surface area contributed by atoms with E-state index in [2.05, 4.69) is 0 Å². The van der Waals surface area contributed by atoms with Crippen molar-refractivity contribution in [1.82, 2.24) is 0 Å². The Balaban J connectivity index is 1.51. The number of nitrogens with zero attached hydrogens (tertiary/aromatic N) is 2. The van der Waals surface area contributed by atoms with E-state index in [0.29, 0.717) is 29.3 Å². The van der Waals surface area contributed by atoms with Gasteiger partial charge >= 0.3 is 6.03 Å². The number of rotatable bonds is 6. The van der Waals surface area contributed by atoms with Gasteiger partial charge in [0.05, 0.1) is 11.4 Å². The molecule has 0 bridgehead atoms. The highest BCUT2D eigenvalue weighted by molar-refractivity contribution is 6.46. The SMILES string of the molecule is O=C1C(=Cc2cccc(OCc3ccccc3)c2)C(=O)N(c2ccccc2)C(=O)N1c1ccccc1. The highest BCUT2D eigenvalue weighted by Gasteiger charge is 2.43. The first kappa shape index (κ1) is 22.8. The van der Waals surface area contributed by atoms with Crippen LogP contribution in [0.5, 0.6) is 5.75 Å². The molecule has 5 rings (SSSR count). The number of ether oxygens (including phenoxy) is 1. The van der Waals surface area contributed by atoms with Crippen molar-refractivity contribution < 1.29 is 19.1 Å². The molecule has 1 aliphatic heterocycles. The van der Waals surface area contributed by atoms with E-state index >= 15 is 0 Å². The number of amides is 4. The number of hydrogen-bond donors (Lipinski definition) is 0. The van der Waals surface area contributed by atoms with Crippen molar-refractivity contribution in [2.24, 2.45) is 0 Å². The second-order valence-corrected chi connectivity index (χ2v) is 8.14. The molecular formula is C30H22N2O4. The van der Waals surface area contributed by atoms with Crippen molar-refractivity contribution in [3.63, 3.8) is 0 Å². The summed E-state index contributed by atoms with van der Waals surface area (Å²) in [5, 5.41) is 0.